The predicted molar refractivity (Wildman–Crippen MR) is 111 cm³/mol. The summed E-state index contributed by atoms with van der Waals surface area (Å²) in [4.78, 5) is 12.6. The Morgan fingerprint density at radius 2 is 2.00 bits per heavy atom. The minimum absolute atomic E-state index is 0.0849. The molecule has 0 radical (unpaired) electrons. The number of rotatable bonds is 6. The van der Waals surface area contributed by atoms with Gasteiger partial charge in [-0.1, -0.05) is 42.4 Å². The lowest BCUT2D eigenvalue weighted by molar-refractivity contribution is -0.115. The molecule has 0 unspecified atom stereocenters. The largest absolute Gasteiger partial charge is 0.399 e. The van der Waals surface area contributed by atoms with Crippen LogP contribution in [0.4, 0.5) is 11.4 Å². The normalized spacial score (nSPS) is 12.0. The Balaban J connectivity index is 1.74. The third-order valence-corrected chi connectivity index (χ3v) is 5.65. The molecular formula is C19H20ClN5OS. The second kappa shape index (κ2) is 8.45. The molecule has 0 aliphatic carbocycles. The number of nitrogens with two attached hydrogens (primary N) is 1. The fourth-order valence-electron chi connectivity index (χ4n) is 2.55. The Morgan fingerprint density at radius 3 is 2.67 bits per heavy atom. The molecule has 1 amide bonds. The highest BCUT2D eigenvalue weighted by Gasteiger charge is 2.22. The van der Waals surface area contributed by atoms with Crippen molar-refractivity contribution in [2.75, 3.05) is 11.1 Å². The number of carbonyl (C=O) groups is 1. The maximum atomic E-state index is 12.6. The van der Waals surface area contributed by atoms with Gasteiger partial charge in [-0.05, 0) is 42.8 Å². The van der Waals surface area contributed by atoms with Crippen LogP contribution in [-0.4, -0.2) is 25.9 Å². The molecule has 3 N–H and O–H groups in total. The third-order valence-electron chi connectivity index (χ3n) is 4.00. The Hall–Kier alpha value is -2.51. The van der Waals surface area contributed by atoms with Crippen LogP contribution in [0, 0.1) is 0 Å². The zero-order chi connectivity index (χ0) is 19.4. The number of thioether (sulfide) groups is 1. The molecule has 0 fully saturated rings. The molecule has 8 heteroatoms. The van der Waals surface area contributed by atoms with Gasteiger partial charge in [0.25, 0.3) is 0 Å². The van der Waals surface area contributed by atoms with Gasteiger partial charge < -0.3 is 15.6 Å². The van der Waals surface area contributed by atoms with Gasteiger partial charge in [-0.3, -0.25) is 4.79 Å². The predicted octanol–water partition coefficient (Wildman–Crippen LogP) is 4.23. The molecule has 27 heavy (non-hydrogen) atoms. The third kappa shape index (κ3) is 4.61. The van der Waals surface area contributed by atoms with E-state index in [1.165, 1.54) is 11.8 Å². The van der Waals surface area contributed by atoms with Gasteiger partial charge in [-0.15, -0.1) is 10.2 Å². The first-order chi connectivity index (χ1) is 13.0. The van der Waals surface area contributed by atoms with Crippen molar-refractivity contribution in [2.24, 2.45) is 7.05 Å². The fourth-order valence-corrected chi connectivity index (χ4v) is 3.60. The number of carbonyl (C=O) groups excluding carboxylic acids is 1. The average molecular weight is 402 g/mol. The molecule has 0 saturated heterocycles. The number of halogens is 1. The quantitative estimate of drug-likeness (QED) is 0.477. The number of nitrogens with zero attached hydrogens (tertiary/aromatic N) is 3. The molecule has 1 atom stereocenters. The van der Waals surface area contributed by atoms with E-state index in [2.05, 4.69) is 15.5 Å². The molecule has 2 aromatic carbocycles. The summed E-state index contributed by atoms with van der Waals surface area (Å²) in [5.41, 5.74) is 8.11. The summed E-state index contributed by atoms with van der Waals surface area (Å²) in [6.45, 7) is 1.97. The molecule has 1 heterocycles. The van der Waals surface area contributed by atoms with E-state index in [9.17, 15) is 4.79 Å². The molecule has 1 aromatic heterocycles. The van der Waals surface area contributed by atoms with E-state index in [1.54, 1.807) is 24.3 Å². The smallest absolute Gasteiger partial charge is 0.237 e. The van der Waals surface area contributed by atoms with Crippen molar-refractivity contribution < 1.29 is 4.79 Å². The van der Waals surface area contributed by atoms with Crippen LogP contribution in [0.3, 0.4) is 0 Å². The lowest BCUT2D eigenvalue weighted by atomic mass is 10.2. The van der Waals surface area contributed by atoms with Crippen LogP contribution in [-0.2, 0) is 11.8 Å². The van der Waals surface area contributed by atoms with E-state index in [1.807, 2.05) is 42.8 Å². The summed E-state index contributed by atoms with van der Waals surface area (Å²) in [6.07, 6.45) is 0.657. The molecular weight excluding hydrogens is 382 g/mol. The summed E-state index contributed by atoms with van der Waals surface area (Å²) in [6, 6.07) is 14.5. The first kappa shape index (κ1) is 19.3. The number of amides is 1. The maximum Gasteiger partial charge on any atom is 0.237 e. The van der Waals surface area contributed by atoms with Crippen LogP contribution in [0.5, 0.6) is 0 Å². The van der Waals surface area contributed by atoms with E-state index in [0.29, 0.717) is 33.8 Å². The van der Waals surface area contributed by atoms with E-state index in [-0.39, 0.29) is 11.2 Å². The van der Waals surface area contributed by atoms with Crippen molar-refractivity contribution in [2.45, 2.75) is 23.8 Å². The summed E-state index contributed by atoms with van der Waals surface area (Å²) in [5.74, 6) is 0.621. The fraction of sp³-hybridized carbons (Fsp3) is 0.211. The van der Waals surface area contributed by atoms with E-state index in [4.69, 9.17) is 17.3 Å². The summed E-state index contributed by atoms with van der Waals surface area (Å²) < 4.78 is 1.87. The summed E-state index contributed by atoms with van der Waals surface area (Å²) >= 11 is 7.27. The van der Waals surface area contributed by atoms with E-state index >= 15 is 0 Å². The van der Waals surface area contributed by atoms with Gasteiger partial charge in [0.05, 0.1) is 5.25 Å². The minimum Gasteiger partial charge on any atom is -0.399 e. The highest BCUT2D eigenvalue weighted by molar-refractivity contribution is 8.00. The molecule has 6 nitrogen and oxygen atoms in total. The van der Waals surface area contributed by atoms with Gasteiger partial charge in [0.2, 0.25) is 5.91 Å². The van der Waals surface area contributed by atoms with Crippen molar-refractivity contribution in [1.82, 2.24) is 14.8 Å². The molecule has 0 aliphatic rings. The van der Waals surface area contributed by atoms with Crippen LogP contribution in [0.15, 0.2) is 53.7 Å². The highest BCUT2D eigenvalue weighted by Crippen LogP contribution is 2.28. The summed E-state index contributed by atoms with van der Waals surface area (Å²) in [7, 11) is 1.88. The van der Waals surface area contributed by atoms with E-state index < -0.39 is 0 Å². The minimum atomic E-state index is -0.294. The Morgan fingerprint density at radius 1 is 1.26 bits per heavy atom. The first-order valence-corrected chi connectivity index (χ1v) is 9.72. The van der Waals surface area contributed by atoms with Crippen molar-refractivity contribution in [3.8, 4) is 11.4 Å². The molecule has 3 rings (SSSR count). The number of aromatic nitrogens is 3. The molecule has 3 aromatic rings. The van der Waals surface area contributed by atoms with Crippen LogP contribution in [0.25, 0.3) is 11.4 Å². The monoisotopic (exact) mass is 401 g/mol. The number of benzene rings is 2. The molecule has 140 valence electrons. The zero-order valence-corrected chi connectivity index (χ0v) is 16.6. The number of hydrogen-bond acceptors (Lipinski definition) is 5. The van der Waals surface area contributed by atoms with Gasteiger partial charge in [0, 0.05) is 29.0 Å². The maximum absolute atomic E-state index is 12.6. The van der Waals surface area contributed by atoms with Crippen LogP contribution < -0.4 is 11.1 Å². The van der Waals surface area contributed by atoms with Crippen molar-refractivity contribution in [3.63, 3.8) is 0 Å². The standard InChI is InChI=1S/C19H20ClN5OS/c1-3-16(18(26)22-15-9-7-13(20)8-10-15)27-19-24-23-17(25(19)2)12-5-4-6-14(21)11-12/h4-11,16H,3,21H2,1-2H3,(H,22,26)/t16-/m0/s1. The number of nitrogens with one attached hydrogen (secondary N) is 1. The van der Waals surface area contributed by atoms with Crippen LogP contribution >= 0.6 is 23.4 Å². The van der Waals surface area contributed by atoms with Gasteiger partial charge in [0.15, 0.2) is 11.0 Å². The highest BCUT2D eigenvalue weighted by atomic mass is 35.5. The van der Waals surface area contributed by atoms with Gasteiger partial charge >= 0.3 is 0 Å². The van der Waals surface area contributed by atoms with Crippen molar-refractivity contribution >= 4 is 40.6 Å². The SMILES string of the molecule is CC[C@H](Sc1nnc(-c2cccc(N)c2)n1C)C(=O)Nc1ccc(Cl)cc1. The van der Waals surface area contributed by atoms with Gasteiger partial charge in [-0.25, -0.2) is 0 Å². The molecule has 0 spiro atoms. The average Bonchev–Trinajstić information content (AvgIpc) is 3.02. The first-order valence-electron chi connectivity index (χ1n) is 8.46. The van der Waals surface area contributed by atoms with E-state index in [0.717, 1.165) is 5.56 Å². The van der Waals surface area contributed by atoms with Crippen LogP contribution in [0.1, 0.15) is 13.3 Å². The van der Waals surface area contributed by atoms with Gasteiger partial charge in [-0.2, -0.15) is 0 Å². The second-order valence-electron chi connectivity index (χ2n) is 6.00. The lowest BCUT2D eigenvalue weighted by Gasteiger charge is -2.14. The molecule has 0 bridgehead atoms. The van der Waals surface area contributed by atoms with Gasteiger partial charge in [0.1, 0.15) is 0 Å². The lowest BCUT2D eigenvalue weighted by Crippen LogP contribution is -2.25. The number of nitrogen functional groups attached to an aromatic ring is 1. The number of hydrogen-bond donors (Lipinski definition) is 2. The topological polar surface area (TPSA) is 85.8 Å². The zero-order valence-electron chi connectivity index (χ0n) is 15.0. The Kier molecular flexibility index (Phi) is 6.03. The second-order valence-corrected chi connectivity index (χ2v) is 7.61. The Bertz CT molecular complexity index is 942. The molecule has 0 saturated carbocycles. The van der Waals surface area contributed by atoms with Crippen molar-refractivity contribution in [1.29, 1.82) is 0 Å². The van der Waals surface area contributed by atoms with Crippen molar-refractivity contribution in [3.05, 3.63) is 53.6 Å². The Labute approximate surface area is 167 Å². The number of anilines is 2. The summed E-state index contributed by atoms with van der Waals surface area (Å²) in [5, 5.41) is 12.4. The molecule has 0 aliphatic heterocycles. The van der Waals surface area contributed by atoms with Crippen LogP contribution in [0.2, 0.25) is 5.02 Å².